The van der Waals surface area contributed by atoms with E-state index < -0.39 is 0 Å². The first-order valence-corrected chi connectivity index (χ1v) is 20.3. The first-order chi connectivity index (χ1) is 27.7. The van der Waals surface area contributed by atoms with Gasteiger partial charge in [0, 0.05) is 57.0 Å². The van der Waals surface area contributed by atoms with E-state index in [4.69, 9.17) is 15.0 Å². The van der Waals surface area contributed by atoms with Crippen LogP contribution in [0.4, 0.5) is 0 Å². The van der Waals surface area contributed by atoms with Crippen molar-refractivity contribution in [1.29, 1.82) is 0 Å². The molecular weight excluding hydrogens is 719 g/mol. The van der Waals surface area contributed by atoms with E-state index in [0.717, 1.165) is 22.3 Å². The molecule has 3 aromatic heterocycles. The molecule has 0 bridgehead atoms. The Bertz CT molecular complexity index is 3220. The molecule has 0 amide bonds. The van der Waals surface area contributed by atoms with Crippen molar-refractivity contribution in [2.45, 2.75) is 0 Å². The number of hydrogen-bond acceptors (Lipinski definition) is 5. The molecule has 56 heavy (non-hydrogen) atoms. The van der Waals surface area contributed by atoms with Gasteiger partial charge in [0.05, 0.1) is 0 Å². The molecule has 0 atom stereocenters. The van der Waals surface area contributed by atoms with Gasteiger partial charge in [0.15, 0.2) is 17.5 Å². The van der Waals surface area contributed by atoms with Gasteiger partial charge in [0.2, 0.25) is 0 Å². The number of rotatable bonds is 6. The summed E-state index contributed by atoms with van der Waals surface area (Å²) in [7, 11) is 0. The monoisotopic (exact) mass is 749 g/mol. The maximum Gasteiger partial charge on any atom is 0.164 e. The topological polar surface area (TPSA) is 38.7 Å². The lowest BCUT2D eigenvalue weighted by Gasteiger charge is -2.10. The molecule has 0 aliphatic rings. The van der Waals surface area contributed by atoms with Gasteiger partial charge in [-0.1, -0.05) is 164 Å². The molecular formula is C51H31N3S2. The van der Waals surface area contributed by atoms with Gasteiger partial charge in [-0.3, -0.25) is 0 Å². The summed E-state index contributed by atoms with van der Waals surface area (Å²) < 4.78 is 5.09. The molecule has 0 aliphatic carbocycles. The van der Waals surface area contributed by atoms with Crippen LogP contribution in [0.25, 0.3) is 108 Å². The van der Waals surface area contributed by atoms with Crippen LogP contribution in [0.15, 0.2) is 188 Å². The number of aromatic nitrogens is 3. The van der Waals surface area contributed by atoms with E-state index >= 15 is 0 Å². The Morgan fingerprint density at radius 3 is 1.55 bits per heavy atom. The number of benzene rings is 8. The Morgan fingerprint density at radius 2 is 0.821 bits per heavy atom. The zero-order chi connectivity index (χ0) is 37.0. The number of nitrogens with zero attached hydrogens (tertiary/aromatic N) is 3. The first-order valence-electron chi connectivity index (χ1n) is 18.7. The van der Waals surface area contributed by atoms with Crippen molar-refractivity contribution in [3.63, 3.8) is 0 Å². The molecule has 11 rings (SSSR count). The third kappa shape index (κ3) is 5.68. The maximum absolute atomic E-state index is 5.10. The number of hydrogen-bond donors (Lipinski definition) is 0. The molecule has 262 valence electrons. The Morgan fingerprint density at radius 1 is 0.286 bits per heavy atom. The molecule has 8 aromatic carbocycles. The normalized spacial score (nSPS) is 11.6. The van der Waals surface area contributed by atoms with E-state index in [9.17, 15) is 0 Å². The second-order valence-corrected chi connectivity index (χ2v) is 16.1. The van der Waals surface area contributed by atoms with Crippen LogP contribution in [0.1, 0.15) is 0 Å². The van der Waals surface area contributed by atoms with Crippen LogP contribution in [-0.2, 0) is 0 Å². The summed E-state index contributed by atoms with van der Waals surface area (Å²) in [6.45, 7) is 0. The first kappa shape index (κ1) is 32.6. The minimum absolute atomic E-state index is 0.651. The molecule has 11 aromatic rings. The zero-order valence-electron chi connectivity index (χ0n) is 30.1. The molecule has 3 nitrogen and oxygen atoms in total. The molecule has 0 unspecified atom stereocenters. The molecule has 0 spiro atoms. The molecule has 0 N–H and O–H groups in total. The summed E-state index contributed by atoms with van der Waals surface area (Å²) in [4.78, 5) is 15.1. The SMILES string of the molecule is c1ccc(-c2ccc(-c3nc(-c4ccccc4)nc(-c4ccc5c(c4)sc4c(-c6cc(-c7ccccc7)c7c(c6)sc6ccccc67)cccc45)n3)cc2)cc1. The van der Waals surface area contributed by atoms with E-state index in [0.29, 0.717) is 17.5 Å². The molecule has 5 heteroatoms. The standard InChI is InChI=1S/C51H31N3S2/c1-4-13-32(14-5-1)33-23-25-36(26-24-33)50-52-49(35-17-8-3-9-18-35)53-51(54-50)37-27-28-40-41-21-12-20-39(48(41)56-45(40)30-37)38-29-43(34-15-6-2-7-16-34)47-42-19-10-11-22-44(42)55-46(47)31-38/h1-31H. The van der Waals surface area contributed by atoms with Crippen LogP contribution in [0.5, 0.6) is 0 Å². The highest BCUT2D eigenvalue weighted by molar-refractivity contribution is 7.26. The lowest BCUT2D eigenvalue weighted by Crippen LogP contribution is -2.00. The van der Waals surface area contributed by atoms with Crippen molar-refractivity contribution >= 4 is 63.0 Å². The summed E-state index contributed by atoms with van der Waals surface area (Å²) in [5.41, 5.74) is 10.2. The van der Waals surface area contributed by atoms with Crippen LogP contribution in [0.2, 0.25) is 0 Å². The van der Waals surface area contributed by atoms with Crippen molar-refractivity contribution in [3.05, 3.63) is 188 Å². The second kappa shape index (κ2) is 13.5. The van der Waals surface area contributed by atoms with Gasteiger partial charge in [-0.15, -0.1) is 22.7 Å². The van der Waals surface area contributed by atoms with Crippen LogP contribution in [-0.4, -0.2) is 15.0 Å². The van der Waals surface area contributed by atoms with E-state index in [1.807, 2.05) is 46.9 Å². The molecule has 3 heterocycles. The van der Waals surface area contributed by atoms with Crippen molar-refractivity contribution < 1.29 is 0 Å². The van der Waals surface area contributed by atoms with E-state index in [2.05, 4.69) is 164 Å². The summed E-state index contributed by atoms with van der Waals surface area (Å²) in [5.74, 6) is 1.96. The lowest BCUT2D eigenvalue weighted by molar-refractivity contribution is 1.07. The highest BCUT2D eigenvalue weighted by atomic mass is 32.1. The van der Waals surface area contributed by atoms with Crippen molar-refractivity contribution in [2.75, 3.05) is 0 Å². The molecule has 0 aliphatic heterocycles. The highest BCUT2D eigenvalue weighted by Gasteiger charge is 2.18. The second-order valence-electron chi connectivity index (χ2n) is 14.0. The van der Waals surface area contributed by atoms with E-state index in [1.165, 1.54) is 68.2 Å². The quantitative estimate of drug-likeness (QED) is 0.170. The lowest BCUT2D eigenvalue weighted by atomic mass is 9.94. The van der Waals surface area contributed by atoms with Gasteiger partial charge in [0.25, 0.3) is 0 Å². The highest BCUT2D eigenvalue weighted by Crippen LogP contribution is 2.46. The van der Waals surface area contributed by atoms with Gasteiger partial charge < -0.3 is 0 Å². The fourth-order valence-corrected chi connectivity index (χ4v) is 10.3. The van der Waals surface area contributed by atoms with Gasteiger partial charge >= 0.3 is 0 Å². The van der Waals surface area contributed by atoms with Gasteiger partial charge in [0.1, 0.15) is 0 Å². The van der Waals surface area contributed by atoms with E-state index in [1.54, 1.807) is 0 Å². The number of thiophene rings is 2. The Kier molecular flexibility index (Phi) is 7.87. The van der Waals surface area contributed by atoms with E-state index in [-0.39, 0.29) is 0 Å². The summed E-state index contributed by atoms with van der Waals surface area (Å²) in [6.07, 6.45) is 0. The fourth-order valence-electron chi connectivity index (χ4n) is 7.81. The summed E-state index contributed by atoms with van der Waals surface area (Å²) in [6, 6.07) is 66.8. The minimum Gasteiger partial charge on any atom is -0.208 e. The van der Waals surface area contributed by atoms with Crippen molar-refractivity contribution in [2.24, 2.45) is 0 Å². The Balaban J connectivity index is 1.05. The number of fused-ring (bicyclic) bond motifs is 6. The van der Waals surface area contributed by atoms with Crippen LogP contribution < -0.4 is 0 Å². The van der Waals surface area contributed by atoms with Crippen LogP contribution in [0.3, 0.4) is 0 Å². The third-order valence-electron chi connectivity index (χ3n) is 10.5. The average molecular weight is 750 g/mol. The molecule has 0 saturated carbocycles. The molecule has 0 saturated heterocycles. The Labute approximate surface area is 331 Å². The fraction of sp³-hybridized carbons (Fsp3) is 0. The molecule has 0 radical (unpaired) electrons. The maximum atomic E-state index is 5.10. The Hall–Kier alpha value is -6.79. The van der Waals surface area contributed by atoms with Crippen molar-refractivity contribution in [3.8, 4) is 67.5 Å². The summed E-state index contributed by atoms with van der Waals surface area (Å²) >= 11 is 3.71. The van der Waals surface area contributed by atoms with Crippen LogP contribution >= 0.6 is 22.7 Å². The zero-order valence-corrected chi connectivity index (χ0v) is 31.7. The summed E-state index contributed by atoms with van der Waals surface area (Å²) in [5, 5.41) is 5.13. The average Bonchev–Trinajstić information content (AvgIpc) is 3.85. The van der Waals surface area contributed by atoms with Crippen LogP contribution in [0, 0.1) is 0 Å². The van der Waals surface area contributed by atoms with Gasteiger partial charge in [-0.05, 0) is 57.6 Å². The third-order valence-corrected chi connectivity index (χ3v) is 12.9. The van der Waals surface area contributed by atoms with Crippen molar-refractivity contribution in [1.82, 2.24) is 15.0 Å². The predicted molar refractivity (Wildman–Crippen MR) is 238 cm³/mol. The minimum atomic E-state index is 0.651. The van der Waals surface area contributed by atoms with Gasteiger partial charge in [-0.2, -0.15) is 0 Å². The molecule has 0 fully saturated rings. The largest absolute Gasteiger partial charge is 0.208 e. The smallest absolute Gasteiger partial charge is 0.164 e. The van der Waals surface area contributed by atoms with Gasteiger partial charge in [-0.25, -0.2) is 15.0 Å². The predicted octanol–water partition coefficient (Wildman–Crippen LogP) is 14.6.